The molecule has 86 valence electrons. The Morgan fingerprint density at radius 3 is 2.38 bits per heavy atom. The second kappa shape index (κ2) is 5.90. The molecule has 0 radical (unpaired) electrons. The molecule has 1 aromatic carbocycles. The molecule has 0 unspecified atom stereocenters. The monoisotopic (exact) mass is 223 g/mol. The number of hydrogen-bond acceptors (Lipinski definition) is 5. The van der Waals surface area contributed by atoms with Crippen molar-refractivity contribution >= 4 is 17.1 Å². The third-order valence-corrected chi connectivity index (χ3v) is 2.19. The van der Waals surface area contributed by atoms with Crippen LogP contribution in [0.3, 0.4) is 0 Å². The third-order valence-electron chi connectivity index (χ3n) is 2.19. The van der Waals surface area contributed by atoms with Gasteiger partial charge in [0.25, 0.3) is 0 Å². The van der Waals surface area contributed by atoms with Gasteiger partial charge in [-0.3, -0.25) is 0 Å². The van der Waals surface area contributed by atoms with Gasteiger partial charge < -0.3 is 20.8 Å². The van der Waals surface area contributed by atoms with Crippen LogP contribution in [0.4, 0.5) is 17.1 Å². The van der Waals surface area contributed by atoms with E-state index >= 15 is 0 Å². The molecule has 0 aliphatic carbocycles. The Morgan fingerprint density at radius 1 is 1.25 bits per heavy atom. The number of nitrogens with two attached hydrogens (primary N) is 1. The van der Waals surface area contributed by atoms with E-state index in [4.69, 9.17) is 21.3 Å². The van der Waals surface area contributed by atoms with Gasteiger partial charge >= 0.3 is 5.69 Å². The number of hydrogen-bond donors (Lipinski definition) is 3. The number of aliphatic hydroxyl groups excluding tert-OH is 2. The van der Waals surface area contributed by atoms with Gasteiger partial charge in [-0.15, -0.1) is 0 Å². The first-order valence-corrected chi connectivity index (χ1v) is 4.94. The number of rotatable bonds is 5. The minimum absolute atomic E-state index is 0.0464. The van der Waals surface area contributed by atoms with Crippen molar-refractivity contribution in [2.24, 2.45) is 0 Å². The largest absolute Gasteiger partial charge is 0.410 e. The van der Waals surface area contributed by atoms with Crippen LogP contribution < -0.4 is 10.6 Å². The minimum atomic E-state index is -0.0464. The Hall–Kier alpha value is -1.84. The van der Waals surface area contributed by atoms with E-state index in [1.165, 1.54) is 6.07 Å². The first-order chi connectivity index (χ1) is 7.72. The second-order valence-corrected chi connectivity index (χ2v) is 3.28. The molecule has 0 atom stereocenters. The van der Waals surface area contributed by atoms with Crippen molar-refractivity contribution in [3.05, 3.63) is 23.2 Å². The lowest BCUT2D eigenvalue weighted by atomic mass is 10.2. The second-order valence-electron chi connectivity index (χ2n) is 3.28. The van der Waals surface area contributed by atoms with Gasteiger partial charge in [0.1, 0.15) is 5.69 Å². The number of nitrogens with zero attached hydrogens (tertiary/aromatic N) is 3. The number of aliphatic hydroxyl groups is 2. The molecule has 0 saturated carbocycles. The third kappa shape index (κ3) is 2.82. The van der Waals surface area contributed by atoms with Gasteiger partial charge in [0, 0.05) is 18.8 Å². The molecule has 0 amide bonds. The van der Waals surface area contributed by atoms with E-state index in [0.29, 0.717) is 30.2 Å². The predicted octanol–water partition coefficient (Wildman–Crippen LogP) is 0.544. The topological polar surface area (TPSA) is 97.9 Å². The fourth-order valence-electron chi connectivity index (χ4n) is 1.48. The molecule has 0 aliphatic heterocycles. The molecule has 16 heavy (non-hydrogen) atoms. The average Bonchev–Trinajstić information content (AvgIpc) is 2.28. The summed E-state index contributed by atoms with van der Waals surface area (Å²) in [5.74, 6) is 0. The molecule has 6 nitrogen and oxygen atoms in total. The van der Waals surface area contributed by atoms with E-state index in [-0.39, 0.29) is 13.2 Å². The summed E-state index contributed by atoms with van der Waals surface area (Å²) < 4.78 is 0. The maximum Gasteiger partial charge on any atom is 0.410 e. The molecule has 0 spiro atoms. The van der Waals surface area contributed by atoms with E-state index in [1.807, 2.05) is 0 Å². The molecule has 1 aromatic rings. The molecule has 1 rings (SSSR count). The van der Waals surface area contributed by atoms with Gasteiger partial charge in [0.05, 0.1) is 19.3 Å². The van der Waals surface area contributed by atoms with Gasteiger partial charge in [-0.2, -0.15) is 0 Å². The standard InChI is InChI=1S/C10H15N4O2/c11-8-1-2-10(9(7-8)13-12)14(3-5-15)4-6-16/h1-2,7,15-16H,3-6,11H2/q+1. The smallest absolute Gasteiger partial charge is 0.398 e. The van der Waals surface area contributed by atoms with E-state index < -0.39 is 0 Å². The fourth-order valence-corrected chi connectivity index (χ4v) is 1.48. The van der Waals surface area contributed by atoms with Crippen LogP contribution in [0.25, 0.3) is 4.98 Å². The maximum atomic E-state index is 8.90. The predicted molar refractivity (Wildman–Crippen MR) is 62.0 cm³/mol. The molecule has 6 heteroatoms. The Labute approximate surface area is 93.5 Å². The zero-order valence-electron chi connectivity index (χ0n) is 8.87. The highest BCUT2D eigenvalue weighted by Crippen LogP contribution is 2.30. The molecule has 0 aliphatic rings. The molecular formula is C10H15N4O2+. The summed E-state index contributed by atoms with van der Waals surface area (Å²) in [5.41, 5.74) is 7.00. The van der Waals surface area contributed by atoms with E-state index in [0.717, 1.165) is 0 Å². The highest BCUT2D eigenvalue weighted by Gasteiger charge is 2.19. The maximum absolute atomic E-state index is 8.90. The molecule has 0 aromatic heterocycles. The molecule has 0 fully saturated rings. The number of anilines is 2. The Kier molecular flexibility index (Phi) is 4.51. The number of benzene rings is 1. The highest BCUT2D eigenvalue weighted by atomic mass is 16.3. The van der Waals surface area contributed by atoms with E-state index in [1.54, 1.807) is 17.0 Å². The molecule has 0 bridgehead atoms. The van der Waals surface area contributed by atoms with E-state index in [2.05, 4.69) is 4.98 Å². The summed E-state index contributed by atoms with van der Waals surface area (Å²) in [4.78, 5) is 4.85. The summed E-state index contributed by atoms with van der Waals surface area (Å²) in [6.07, 6.45) is 0. The van der Waals surface area contributed by atoms with Crippen molar-refractivity contribution in [3.8, 4) is 0 Å². The highest BCUT2D eigenvalue weighted by molar-refractivity contribution is 5.74. The molecule has 4 N–H and O–H groups in total. The van der Waals surface area contributed by atoms with Gasteiger partial charge in [-0.05, 0) is 12.1 Å². The van der Waals surface area contributed by atoms with Gasteiger partial charge in [-0.1, -0.05) is 0 Å². The SMILES string of the molecule is N#[N+]c1cc(N)ccc1N(CCO)CCO. The first kappa shape index (κ1) is 12.2. The van der Waals surface area contributed by atoms with Gasteiger partial charge in [-0.25, -0.2) is 0 Å². The van der Waals surface area contributed by atoms with Gasteiger partial charge in [0.2, 0.25) is 5.39 Å². The van der Waals surface area contributed by atoms with Crippen LogP contribution in [0.15, 0.2) is 18.2 Å². The minimum Gasteiger partial charge on any atom is -0.398 e. The summed E-state index contributed by atoms with van der Waals surface area (Å²) in [6.45, 7) is 0.616. The Balaban J connectivity index is 3.03. The fraction of sp³-hybridized carbons (Fsp3) is 0.400. The van der Waals surface area contributed by atoms with Crippen LogP contribution in [-0.4, -0.2) is 36.5 Å². The van der Waals surface area contributed by atoms with Crippen molar-refractivity contribution in [2.45, 2.75) is 0 Å². The Morgan fingerprint density at radius 2 is 1.88 bits per heavy atom. The quantitative estimate of drug-likeness (QED) is 0.500. The lowest BCUT2D eigenvalue weighted by Gasteiger charge is -2.20. The van der Waals surface area contributed by atoms with Crippen LogP contribution in [0.1, 0.15) is 0 Å². The van der Waals surface area contributed by atoms with Crippen molar-refractivity contribution < 1.29 is 10.2 Å². The van der Waals surface area contributed by atoms with Gasteiger partial charge in [0.15, 0.2) is 4.98 Å². The zero-order valence-corrected chi connectivity index (χ0v) is 8.87. The van der Waals surface area contributed by atoms with E-state index in [9.17, 15) is 0 Å². The summed E-state index contributed by atoms with van der Waals surface area (Å²) >= 11 is 0. The van der Waals surface area contributed by atoms with Crippen LogP contribution in [0.2, 0.25) is 0 Å². The van der Waals surface area contributed by atoms with Crippen LogP contribution in [-0.2, 0) is 0 Å². The summed E-state index contributed by atoms with van der Waals surface area (Å²) in [6, 6.07) is 4.89. The lowest BCUT2D eigenvalue weighted by molar-refractivity contribution is 0.281. The molecule has 0 saturated heterocycles. The van der Waals surface area contributed by atoms with Crippen molar-refractivity contribution in [1.82, 2.24) is 0 Å². The van der Waals surface area contributed by atoms with Crippen molar-refractivity contribution in [2.75, 3.05) is 36.9 Å². The average molecular weight is 223 g/mol. The molecular weight excluding hydrogens is 208 g/mol. The number of diazo groups is 1. The normalized spacial score (nSPS) is 9.81. The van der Waals surface area contributed by atoms with Crippen LogP contribution >= 0.6 is 0 Å². The summed E-state index contributed by atoms with van der Waals surface area (Å²) in [5, 5.41) is 26.6. The molecule has 0 heterocycles. The van der Waals surface area contributed by atoms with Crippen LogP contribution in [0.5, 0.6) is 0 Å². The van der Waals surface area contributed by atoms with Crippen molar-refractivity contribution in [3.63, 3.8) is 0 Å². The van der Waals surface area contributed by atoms with Crippen LogP contribution in [0, 0.1) is 5.39 Å². The lowest BCUT2D eigenvalue weighted by Crippen LogP contribution is -2.29. The Bertz CT molecular complexity index is 383. The first-order valence-electron chi connectivity index (χ1n) is 4.94. The van der Waals surface area contributed by atoms with Crippen molar-refractivity contribution in [1.29, 1.82) is 5.39 Å². The number of nitrogen functional groups attached to an aromatic ring is 1. The zero-order chi connectivity index (χ0) is 12.0. The summed E-state index contributed by atoms with van der Waals surface area (Å²) in [7, 11) is 0.